The fourth-order valence-corrected chi connectivity index (χ4v) is 0.478. The molecular formula is C11H17MgN. The summed E-state index contributed by atoms with van der Waals surface area (Å²) in [5.74, 6) is 0. The summed E-state index contributed by atoms with van der Waals surface area (Å²) in [6, 6.07) is 10.1. The summed E-state index contributed by atoms with van der Waals surface area (Å²) >= 11 is 0. The molecule has 0 aliphatic heterocycles. The van der Waals surface area contributed by atoms with E-state index in [0.29, 0.717) is 0 Å². The van der Waals surface area contributed by atoms with Crippen molar-refractivity contribution in [1.29, 1.82) is 0 Å². The molecule has 2 heteroatoms. The van der Waals surface area contributed by atoms with Gasteiger partial charge >= 0.3 is 23.1 Å². The van der Waals surface area contributed by atoms with Gasteiger partial charge in [-0.3, -0.25) is 0 Å². The van der Waals surface area contributed by atoms with Crippen LogP contribution >= 0.6 is 0 Å². The van der Waals surface area contributed by atoms with Crippen LogP contribution < -0.4 is 5.73 Å². The SMILES string of the molecule is [CH2-]CC(C)N.[CH2-]c1ccccc1.[Mg+2]. The molecule has 0 heterocycles. The Hall–Kier alpha value is -0.184. The van der Waals surface area contributed by atoms with Gasteiger partial charge in [-0.2, -0.15) is 31.0 Å². The van der Waals surface area contributed by atoms with Crippen LogP contribution in [0.5, 0.6) is 0 Å². The second kappa shape index (κ2) is 9.90. The Morgan fingerprint density at radius 1 is 1.31 bits per heavy atom. The zero-order chi connectivity index (χ0) is 9.40. The van der Waals surface area contributed by atoms with E-state index in [1.807, 2.05) is 37.3 Å². The average Bonchev–Trinajstić information content (AvgIpc) is 2.07. The molecule has 1 unspecified atom stereocenters. The van der Waals surface area contributed by atoms with Gasteiger partial charge in [0, 0.05) is 0 Å². The molecule has 0 spiro atoms. The Morgan fingerprint density at radius 3 is 1.85 bits per heavy atom. The summed E-state index contributed by atoms with van der Waals surface area (Å²) in [4.78, 5) is 0. The van der Waals surface area contributed by atoms with Gasteiger partial charge in [0.2, 0.25) is 0 Å². The summed E-state index contributed by atoms with van der Waals surface area (Å²) in [6.45, 7) is 9.22. The van der Waals surface area contributed by atoms with E-state index in [1.165, 1.54) is 0 Å². The van der Waals surface area contributed by atoms with Crippen LogP contribution in [0, 0.1) is 13.8 Å². The first-order valence-corrected chi connectivity index (χ1v) is 4.08. The first kappa shape index (κ1) is 15.3. The van der Waals surface area contributed by atoms with Gasteiger partial charge < -0.3 is 12.7 Å². The maximum atomic E-state index is 5.23. The van der Waals surface area contributed by atoms with Crippen LogP contribution in [-0.4, -0.2) is 29.1 Å². The van der Waals surface area contributed by atoms with Gasteiger partial charge in [0.1, 0.15) is 0 Å². The van der Waals surface area contributed by atoms with E-state index in [0.717, 1.165) is 12.0 Å². The normalized spacial score (nSPS) is 10.4. The molecule has 0 aromatic heterocycles. The Bertz CT molecular complexity index is 185. The topological polar surface area (TPSA) is 26.0 Å². The third-order valence-electron chi connectivity index (χ3n) is 1.30. The summed E-state index contributed by atoms with van der Waals surface area (Å²) in [6.07, 6.45) is 0.833. The molecule has 0 amide bonds. The van der Waals surface area contributed by atoms with Gasteiger partial charge in [-0.15, -0.1) is 12.1 Å². The van der Waals surface area contributed by atoms with Crippen LogP contribution in [-0.2, 0) is 0 Å². The third-order valence-corrected chi connectivity index (χ3v) is 1.30. The zero-order valence-corrected chi connectivity index (χ0v) is 9.78. The van der Waals surface area contributed by atoms with Crippen molar-refractivity contribution < 1.29 is 0 Å². The van der Waals surface area contributed by atoms with Crippen molar-refractivity contribution in [1.82, 2.24) is 0 Å². The fraction of sp³-hybridized carbons (Fsp3) is 0.273. The maximum Gasteiger partial charge on any atom is 2.00 e. The second-order valence-electron chi connectivity index (χ2n) is 2.75. The molecule has 0 saturated carbocycles. The number of hydrogen-bond donors (Lipinski definition) is 1. The predicted octanol–water partition coefficient (Wildman–Crippen LogP) is 2.05. The van der Waals surface area contributed by atoms with Crippen LogP contribution in [0.25, 0.3) is 0 Å². The molecule has 0 aliphatic carbocycles. The monoisotopic (exact) mass is 187 g/mol. The molecule has 1 aromatic rings. The van der Waals surface area contributed by atoms with Crippen LogP contribution in [0.2, 0.25) is 0 Å². The molecule has 1 nitrogen and oxygen atoms in total. The number of nitrogens with two attached hydrogens (primary N) is 1. The molecular weight excluding hydrogens is 170 g/mol. The van der Waals surface area contributed by atoms with Crippen molar-refractivity contribution in [2.24, 2.45) is 5.73 Å². The van der Waals surface area contributed by atoms with Gasteiger partial charge in [-0.1, -0.05) is 13.0 Å². The average molecular weight is 188 g/mol. The van der Waals surface area contributed by atoms with Crippen molar-refractivity contribution >= 4 is 23.1 Å². The van der Waals surface area contributed by atoms with Gasteiger partial charge in [0.15, 0.2) is 0 Å². The third kappa shape index (κ3) is 11.8. The van der Waals surface area contributed by atoms with Crippen molar-refractivity contribution in [3.05, 3.63) is 49.7 Å². The summed E-state index contributed by atoms with van der Waals surface area (Å²) < 4.78 is 0. The molecule has 2 N–H and O–H groups in total. The molecule has 1 aromatic carbocycles. The quantitative estimate of drug-likeness (QED) is 0.529. The summed E-state index contributed by atoms with van der Waals surface area (Å²) in [5.41, 5.74) is 6.30. The van der Waals surface area contributed by atoms with Crippen molar-refractivity contribution in [2.45, 2.75) is 19.4 Å². The second-order valence-corrected chi connectivity index (χ2v) is 2.75. The van der Waals surface area contributed by atoms with E-state index in [1.54, 1.807) is 0 Å². The standard InChI is InChI=1S/C7H7.C4H10N.Mg/c1-7-5-3-2-4-6-7;1-3-4(2)5;/h2-6H,1H2;4H,1,3,5H2,2H3;/q2*-1;+2. The molecule has 0 bridgehead atoms. The minimum atomic E-state index is 0. The van der Waals surface area contributed by atoms with Gasteiger partial charge in [0.25, 0.3) is 0 Å². The van der Waals surface area contributed by atoms with Crippen LogP contribution in [0.4, 0.5) is 0 Å². The van der Waals surface area contributed by atoms with E-state index in [4.69, 9.17) is 5.73 Å². The van der Waals surface area contributed by atoms with E-state index in [-0.39, 0.29) is 29.1 Å². The van der Waals surface area contributed by atoms with E-state index >= 15 is 0 Å². The minimum Gasteiger partial charge on any atom is -0.342 e. The fourth-order valence-electron chi connectivity index (χ4n) is 0.478. The molecule has 1 rings (SSSR count). The summed E-state index contributed by atoms with van der Waals surface area (Å²) in [7, 11) is 0. The van der Waals surface area contributed by atoms with E-state index in [9.17, 15) is 0 Å². The predicted molar refractivity (Wildman–Crippen MR) is 60.3 cm³/mol. The van der Waals surface area contributed by atoms with E-state index < -0.39 is 0 Å². The molecule has 1 atom stereocenters. The van der Waals surface area contributed by atoms with Gasteiger partial charge in [-0.25, -0.2) is 0 Å². The first-order chi connectivity index (χ1) is 5.66. The molecule has 0 saturated heterocycles. The van der Waals surface area contributed by atoms with Crippen LogP contribution in [0.1, 0.15) is 18.9 Å². The number of hydrogen-bond acceptors (Lipinski definition) is 1. The maximum absolute atomic E-state index is 5.23. The molecule has 0 fully saturated rings. The van der Waals surface area contributed by atoms with Crippen LogP contribution in [0.3, 0.4) is 0 Å². The van der Waals surface area contributed by atoms with Gasteiger partial charge in [0.05, 0.1) is 0 Å². The van der Waals surface area contributed by atoms with E-state index in [2.05, 4.69) is 13.8 Å². The Morgan fingerprint density at radius 2 is 1.69 bits per heavy atom. The van der Waals surface area contributed by atoms with Crippen LogP contribution in [0.15, 0.2) is 30.3 Å². The Labute approximate surface area is 97.9 Å². The Balaban J connectivity index is 0. The van der Waals surface area contributed by atoms with Crippen molar-refractivity contribution in [2.75, 3.05) is 0 Å². The number of rotatable bonds is 1. The molecule has 0 radical (unpaired) electrons. The Kier molecular flexibility index (Phi) is 11.6. The molecule has 0 aliphatic rings. The van der Waals surface area contributed by atoms with Crippen molar-refractivity contribution in [3.8, 4) is 0 Å². The smallest absolute Gasteiger partial charge is 0.342 e. The molecule has 13 heavy (non-hydrogen) atoms. The zero-order valence-electron chi connectivity index (χ0n) is 8.37. The van der Waals surface area contributed by atoms with Gasteiger partial charge in [-0.05, 0) is 6.04 Å². The molecule has 68 valence electrons. The number of benzene rings is 1. The van der Waals surface area contributed by atoms with Crippen molar-refractivity contribution in [3.63, 3.8) is 0 Å². The summed E-state index contributed by atoms with van der Waals surface area (Å²) in [5, 5.41) is 0. The minimum absolute atomic E-state index is 0. The first-order valence-electron chi connectivity index (χ1n) is 4.08. The largest absolute Gasteiger partial charge is 2.00 e.